The predicted octanol–water partition coefficient (Wildman–Crippen LogP) is 13.4. The van der Waals surface area contributed by atoms with Gasteiger partial charge in [0.25, 0.3) is 0 Å². The molecule has 0 aromatic heterocycles. The van der Waals surface area contributed by atoms with E-state index in [4.69, 9.17) is 53.8 Å². The average Bonchev–Trinajstić information content (AvgIpc) is 3.94. The normalized spacial score (nSPS) is 11.3. The van der Waals surface area contributed by atoms with Crippen LogP contribution in [-0.2, 0) is 18.9 Å². The summed E-state index contributed by atoms with van der Waals surface area (Å²) in [6.07, 6.45) is 6.16. The van der Waals surface area contributed by atoms with E-state index < -0.39 is 0 Å². The van der Waals surface area contributed by atoms with Crippen LogP contribution in [0.2, 0.25) is 0 Å². The van der Waals surface area contributed by atoms with E-state index in [0.29, 0.717) is 29.3 Å². The van der Waals surface area contributed by atoms with Crippen molar-refractivity contribution in [1.82, 2.24) is 0 Å². The number of nitrogens with zero attached hydrogens (tertiary/aromatic N) is 6. The highest BCUT2D eigenvalue weighted by Gasteiger charge is 2.14. The van der Waals surface area contributed by atoms with Gasteiger partial charge in [-0.1, -0.05) is 104 Å². The first-order chi connectivity index (χ1) is 34.7. The first-order valence-electron chi connectivity index (χ1n) is 22.9. The van der Waals surface area contributed by atoms with Crippen LogP contribution in [0.5, 0.6) is 0 Å². The van der Waals surface area contributed by atoms with Crippen LogP contribution in [0.4, 0.5) is 22.7 Å². The molecule has 0 unspecified atom stereocenters. The Bertz CT molecular complexity index is 2410. The van der Waals surface area contributed by atoms with Crippen LogP contribution in [0.25, 0.3) is 0 Å². The molecule has 0 spiro atoms. The minimum absolute atomic E-state index is 0.236. The van der Waals surface area contributed by atoms with Gasteiger partial charge >= 0.3 is 0 Å². The molecule has 1 heterocycles. The number of hydrogen-bond acceptors (Lipinski definition) is 11. The van der Waals surface area contributed by atoms with Crippen molar-refractivity contribution in [2.24, 2.45) is 27.2 Å². The predicted molar refractivity (Wildman–Crippen MR) is 348 cm³/mol. The molecule has 5 rings (SSSR count). The van der Waals surface area contributed by atoms with E-state index in [1.54, 1.807) is 33.3 Å². The second kappa shape index (κ2) is 37.2. The maximum absolute atomic E-state index is 7.75. The van der Waals surface area contributed by atoms with Gasteiger partial charge in [-0.2, -0.15) is 0 Å². The molecule has 0 fully saturated rings. The number of rotatable bonds is 11. The fraction of sp³-hybridized carbons (Fsp3) is 0.434. The second-order valence-corrected chi connectivity index (χ2v) is 20.9. The summed E-state index contributed by atoms with van der Waals surface area (Å²) in [7, 11) is 14.0. The molecule has 0 saturated heterocycles. The third-order valence-electron chi connectivity index (χ3n) is 11.1. The highest BCUT2D eigenvalue weighted by Crippen LogP contribution is 2.30. The van der Waals surface area contributed by atoms with Crippen molar-refractivity contribution in [2.45, 2.75) is 74.4 Å². The lowest BCUT2D eigenvalue weighted by atomic mass is 10.1. The summed E-state index contributed by atoms with van der Waals surface area (Å²) in [5, 5.41) is 8.69. The molecule has 0 bridgehead atoms. The fourth-order valence-electron chi connectivity index (χ4n) is 6.51. The number of methoxy groups -OCH3 is 4. The van der Waals surface area contributed by atoms with Gasteiger partial charge in [0.05, 0.1) is 6.54 Å². The number of halogens is 5. The summed E-state index contributed by atoms with van der Waals surface area (Å²) < 4.78 is 24.2. The van der Waals surface area contributed by atoms with Crippen molar-refractivity contribution in [2.75, 3.05) is 101 Å². The third-order valence-corrected chi connectivity index (χ3v) is 17.0. The van der Waals surface area contributed by atoms with Gasteiger partial charge in [-0.3, -0.25) is 5.41 Å². The number of hydrogen-bond donors (Lipinski definition) is 4. The Hall–Kier alpha value is -2.68. The summed E-state index contributed by atoms with van der Waals surface area (Å²) in [6.45, 7) is 17.3. The Morgan fingerprint density at radius 1 is 0.635 bits per heavy atom. The van der Waals surface area contributed by atoms with Gasteiger partial charge in [0.2, 0.25) is 0 Å². The number of ether oxygens (including phenoxy) is 4. The molecule has 4 aromatic rings. The molecule has 0 aliphatic carbocycles. The molecule has 7 N–H and O–H groups in total. The largest absolute Gasteiger partial charge is 0.376 e. The van der Waals surface area contributed by atoms with Crippen LogP contribution in [-0.4, -0.2) is 116 Å². The van der Waals surface area contributed by atoms with Gasteiger partial charge in [-0.05, 0) is 172 Å². The Balaban J connectivity index is 0.000000916. The highest BCUT2D eigenvalue weighted by molar-refractivity contribution is 14.1. The third kappa shape index (κ3) is 23.5. The number of benzene rings is 4. The number of anilines is 4. The first kappa shape index (κ1) is 71.3. The molecule has 74 heavy (non-hydrogen) atoms. The lowest BCUT2D eigenvalue weighted by Gasteiger charge is -2.21. The lowest BCUT2D eigenvalue weighted by molar-refractivity contribution is -0.0940. The van der Waals surface area contributed by atoms with Crippen LogP contribution in [0, 0.1) is 60.8 Å². The smallest absolute Gasteiger partial charge is 0.195 e. The zero-order valence-electron chi connectivity index (χ0n) is 46.3. The first-order valence-corrected chi connectivity index (χ1v) is 29.9. The molecule has 21 heteroatoms. The minimum Gasteiger partial charge on any atom is -0.376 e. The zero-order chi connectivity index (χ0) is 57.2. The Morgan fingerprint density at radius 2 is 0.959 bits per heavy atom. The number of aryl methyl sites for hydroxylation is 8. The summed E-state index contributed by atoms with van der Waals surface area (Å²) in [5.74, 6) is 1.52. The Kier molecular flexibility index (Phi) is 35.8. The number of alkyl halides is 1. The summed E-state index contributed by atoms with van der Waals surface area (Å²) in [5.41, 5.74) is 30.6. The maximum atomic E-state index is 7.75. The molecule has 0 radical (unpaired) electrons. The van der Waals surface area contributed by atoms with E-state index in [2.05, 4.69) is 191 Å². The highest BCUT2D eigenvalue weighted by atomic mass is 127. The van der Waals surface area contributed by atoms with E-state index in [1.165, 1.54) is 55.3 Å². The number of thiocarbonyl (C=S) groups is 1. The van der Waals surface area contributed by atoms with Crippen molar-refractivity contribution in [3.05, 3.63) is 123 Å². The molecule has 0 amide bonds. The molecule has 4 aromatic carbocycles. The summed E-state index contributed by atoms with van der Waals surface area (Å²) in [4.78, 5) is 18.3. The number of guanidine groups is 1. The van der Waals surface area contributed by atoms with Crippen molar-refractivity contribution >= 4 is 155 Å². The monoisotopic (exact) mass is 1430 g/mol. The number of amidine groups is 2. The van der Waals surface area contributed by atoms with E-state index in [1.807, 2.05) is 76.0 Å². The molecule has 412 valence electrons. The maximum Gasteiger partial charge on any atom is 0.195 e. The molecule has 14 nitrogen and oxygen atoms in total. The van der Waals surface area contributed by atoms with Crippen LogP contribution in [0.15, 0.2) is 88.7 Å². The van der Waals surface area contributed by atoms with E-state index in [0.717, 1.165) is 53.9 Å². The standard InChI is InChI=1S/C14H22BrN3O2.C13H15BrN2.C11H15BrN2S.C10H13BrN2S.C4H11NO2.CH3I/c1-9-6-11(7-10(2)13(9)15)18(3)14(16)17-8-12(19-4)20-5;1-9-7-11(8-10(2)13(9)14)16(3)12-5-4-6-15-12;1-7-5-9(6-8(2)10(7)12)14(3)11(13)15-4;1-6-4-8(13(3)10(12)14)5-7(2)9(6)11;1-6-4(3-5)7-2;1-2/h6-7,12H,8H2,1-5H3,(H2,16,17);4,6-8H,5H2,1-3H3;5-6,13H,1-4H3;4-5H,1-3H3,(H2,12,14);4H,3,5H2,1-2H3;1H3. The van der Waals surface area contributed by atoms with E-state index >= 15 is 0 Å². The summed E-state index contributed by atoms with van der Waals surface area (Å²) in [6, 6.07) is 16.7. The number of aliphatic imine (C=N–C) groups is 2. The van der Waals surface area contributed by atoms with Crippen LogP contribution in [0.3, 0.4) is 0 Å². The van der Waals surface area contributed by atoms with Gasteiger partial charge in [0.15, 0.2) is 28.8 Å². The van der Waals surface area contributed by atoms with Gasteiger partial charge in [0, 0.05) is 116 Å². The van der Waals surface area contributed by atoms with Crippen molar-refractivity contribution in [3.63, 3.8) is 0 Å². The van der Waals surface area contributed by atoms with E-state index in [-0.39, 0.29) is 12.6 Å². The fourth-order valence-corrected chi connectivity index (χ4v) is 7.91. The molecule has 1 aliphatic heterocycles. The SMILES string of the molecule is CI.COC(CN)OC.COC(CN=C(N)N(C)c1cc(C)c(Br)c(C)c1)OC.CSC(=N)N(C)c1cc(C)c(Br)c(C)c1.Cc1cc(N(C)C(N)=S)cc(C)c1Br.Cc1cc(N(C)C2=NC=CC2)cc(C)c1Br. The zero-order valence-corrected chi connectivity index (χ0v) is 56.4. The molecular weight excluding hydrogens is 1350 g/mol. The van der Waals surface area contributed by atoms with Gasteiger partial charge in [0.1, 0.15) is 5.84 Å². The van der Waals surface area contributed by atoms with Crippen molar-refractivity contribution in [3.8, 4) is 0 Å². The van der Waals surface area contributed by atoms with Gasteiger partial charge < -0.3 is 55.7 Å². The van der Waals surface area contributed by atoms with Crippen molar-refractivity contribution in [1.29, 1.82) is 5.41 Å². The number of nitrogens with two attached hydrogens (primary N) is 3. The quantitative estimate of drug-likeness (QED) is 0.0279. The Morgan fingerprint density at radius 3 is 1.23 bits per heavy atom. The van der Waals surface area contributed by atoms with E-state index in [9.17, 15) is 0 Å². The molecule has 1 aliphatic rings. The number of nitrogens with one attached hydrogen (secondary N) is 1. The summed E-state index contributed by atoms with van der Waals surface area (Å²) >= 11 is 22.7. The molecular formula is C53H79Br4IN10O4S2. The molecule has 0 saturated carbocycles. The Labute approximate surface area is 500 Å². The number of thioether (sulfide) groups is 1. The van der Waals surface area contributed by atoms with Crippen LogP contribution >= 0.6 is 110 Å². The lowest BCUT2D eigenvalue weighted by Crippen LogP contribution is -2.35. The second-order valence-electron chi connectivity index (χ2n) is 16.5. The van der Waals surface area contributed by atoms with Crippen LogP contribution < -0.4 is 36.8 Å². The molecule has 0 atom stereocenters. The van der Waals surface area contributed by atoms with Gasteiger partial charge in [-0.25, -0.2) is 9.98 Å². The van der Waals surface area contributed by atoms with Gasteiger partial charge in [-0.15, -0.1) is 0 Å². The topological polar surface area (TPSA) is 177 Å². The van der Waals surface area contributed by atoms with Crippen LogP contribution in [0.1, 0.15) is 50.9 Å². The average molecular weight is 1430 g/mol. The minimum atomic E-state index is -0.379. The van der Waals surface area contributed by atoms with Crippen molar-refractivity contribution < 1.29 is 18.9 Å².